The van der Waals surface area contributed by atoms with E-state index >= 15 is 0 Å². The zero-order chi connectivity index (χ0) is 18.8. The monoisotopic (exact) mass is 427 g/mol. The predicted octanol–water partition coefficient (Wildman–Crippen LogP) is 1.71. The largest absolute Gasteiger partial charge is 0.381 e. The quantitative estimate of drug-likeness (QED) is 0.465. The van der Waals surface area contributed by atoms with Crippen LogP contribution in [0.2, 0.25) is 4.47 Å². The average molecular weight is 428 g/mol. The number of hydrogen-bond acceptors (Lipinski definition) is 9. The first-order chi connectivity index (χ1) is 13.1. The number of ether oxygens (including phenoxy) is 1. The van der Waals surface area contributed by atoms with Gasteiger partial charge in [0.1, 0.15) is 5.39 Å². The molecule has 27 heavy (non-hydrogen) atoms. The topological polar surface area (TPSA) is 128 Å². The summed E-state index contributed by atoms with van der Waals surface area (Å²) in [7, 11) is 0. The Labute approximate surface area is 165 Å². The number of nitrogens with zero attached hydrogens (tertiary/aromatic N) is 5. The molecule has 1 aliphatic rings. The fraction of sp³-hybridized carbons (Fsp3) is 0.429. The van der Waals surface area contributed by atoms with E-state index in [0.717, 1.165) is 35.9 Å². The SMILES string of the molecule is O=C(CSc1nc2c(cnn2C2CCOCC2)c(=O)[nH]1)Nc1nnc(Cl)s1. The van der Waals surface area contributed by atoms with Crippen LogP contribution in [0.15, 0.2) is 16.1 Å². The Morgan fingerprint density at radius 3 is 3.00 bits per heavy atom. The number of carbonyl (C=O) groups excluding carboxylic acids is 1. The van der Waals surface area contributed by atoms with Crippen LogP contribution in [0.4, 0.5) is 5.13 Å². The van der Waals surface area contributed by atoms with Crippen LogP contribution in [0.5, 0.6) is 0 Å². The van der Waals surface area contributed by atoms with E-state index in [1.54, 1.807) is 4.68 Å². The first kappa shape index (κ1) is 18.3. The van der Waals surface area contributed by atoms with Gasteiger partial charge in [-0.3, -0.25) is 14.9 Å². The zero-order valence-electron chi connectivity index (χ0n) is 13.8. The van der Waals surface area contributed by atoms with Gasteiger partial charge in [-0.1, -0.05) is 23.1 Å². The van der Waals surface area contributed by atoms with Gasteiger partial charge in [0.25, 0.3) is 5.56 Å². The molecule has 0 aliphatic carbocycles. The molecule has 2 N–H and O–H groups in total. The highest BCUT2D eigenvalue weighted by Crippen LogP contribution is 2.24. The van der Waals surface area contributed by atoms with Crippen molar-refractivity contribution in [2.45, 2.75) is 24.0 Å². The van der Waals surface area contributed by atoms with Crippen molar-refractivity contribution >= 4 is 56.8 Å². The Bertz CT molecular complexity index is 1030. The summed E-state index contributed by atoms with van der Waals surface area (Å²) < 4.78 is 7.40. The van der Waals surface area contributed by atoms with Crippen molar-refractivity contribution in [2.75, 3.05) is 24.3 Å². The predicted molar refractivity (Wildman–Crippen MR) is 102 cm³/mol. The molecule has 0 aromatic carbocycles. The van der Waals surface area contributed by atoms with Crippen LogP contribution in [0.1, 0.15) is 18.9 Å². The number of H-pyrrole nitrogens is 1. The van der Waals surface area contributed by atoms with Gasteiger partial charge < -0.3 is 9.72 Å². The fourth-order valence-corrected chi connectivity index (χ4v) is 4.13. The highest BCUT2D eigenvalue weighted by molar-refractivity contribution is 7.99. The lowest BCUT2D eigenvalue weighted by Gasteiger charge is -2.22. The van der Waals surface area contributed by atoms with Crippen LogP contribution in [0.25, 0.3) is 11.0 Å². The summed E-state index contributed by atoms with van der Waals surface area (Å²) >= 11 is 7.87. The van der Waals surface area contributed by atoms with Crippen molar-refractivity contribution in [3.8, 4) is 0 Å². The van der Waals surface area contributed by atoms with E-state index in [1.807, 2.05) is 0 Å². The van der Waals surface area contributed by atoms with Crippen LogP contribution < -0.4 is 10.9 Å². The summed E-state index contributed by atoms with van der Waals surface area (Å²) in [4.78, 5) is 31.5. The van der Waals surface area contributed by atoms with Gasteiger partial charge in [0.15, 0.2) is 10.8 Å². The molecular formula is C14H14ClN7O3S2. The molecule has 1 fully saturated rings. The summed E-state index contributed by atoms with van der Waals surface area (Å²) in [6.07, 6.45) is 3.16. The minimum atomic E-state index is -0.298. The Morgan fingerprint density at radius 1 is 1.44 bits per heavy atom. The number of anilines is 1. The maximum Gasteiger partial charge on any atom is 0.262 e. The molecule has 0 spiro atoms. The molecule has 0 radical (unpaired) electrons. The number of aromatic amines is 1. The van der Waals surface area contributed by atoms with E-state index in [2.05, 4.69) is 30.6 Å². The third-order valence-electron chi connectivity index (χ3n) is 3.97. The number of carbonyl (C=O) groups is 1. The van der Waals surface area contributed by atoms with Gasteiger partial charge in [-0.05, 0) is 24.4 Å². The Kier molecular flexibility index (Phi) is 5.38. The second-order valence-corrected chi connectivity index (χ2v) is 8.26. The molecule has 1 amide bonds. The fourth-order valence-electron chi connectivity index (χ4n) is 2.73. The molecule has 4 heterocycles. The van der Waals surface area contributed by atoms with E-state index in [0.29, 0.717) is 34.5 Å². The number of amides is 1. The Morgan fingerprint density at radius 2 is 2.26 bits per heavy atom. The van der Waals surface area contributed by atoms with Crippen LogP contribution in [-0.4, -0.2) is 54.8 Å². The second kappa shape index (κ2) is 7.92. The first-order valence-electron chi connectivity index (χ1n) is 8.07. The molecule has 142 valence electrons. The number of fused-ring (bicyclic) bond motifs is 1. The van der Waals surface area contributed by atoms with Gasteiger partial charge in [-0.2, -0.15) is 5.10 Å². The highest BCUT2D eigenvalue weighted by atomic mass is 35.5. The maximum absolute atomic E-state index is 12.3. The van der Waals surface area contributed by atoms with Gasteiger partial charge in [-0.25, -0.2) is 9.67 Å². The van der Waals surface area contributed by atoms with Gasteiger partial charge in [-0.15, -0.1) is 10.2 Å². The van der Waals surface area contributed by atoms with Crippen molar-refractivity contribution in [1.82, 2.24) is 29.9 Å². The summed E-state index contributed by atoms with van der Waals surface area (Å²) in [5.74, 6) is -0.245. The molecule has 1 saturated heterocycles. The molecule has 13 heteroatoms. The number of halogens is 1. The van der Waals surface area contributed by atoms with E-state index < -0.39 is 0 Å². The summed E-state index contributed by atoms with van der Waals surface area (Å²) in [6.45, 7) is 1.32. The number of thioether (sulfide) groups is 1. The van der Waals surface area contributed by atoms with Crippen molar-refractivity contribution in [1.29, 1.82) is 0 Å². The van der Waals surface area contributed by atoms with Crippen molar-refractivity contribution in [2.24, 2.45) is 0 Å². The summed E-state index contributed by atoms with van der Waals surface area (Å²) in [5, 5.41) is 15.4. The lowest BCUT2D eigenvalue weighted by Crippen LogP contribution is -2.21. The van der Waals surface area contributed by atoms with E-state index in [-0.39, 0.29) is 27.7 Å². The lowest BCUT2D eigenvalue weighted by atomic mass is 10.1. The normalized spacial score (nSPS) is 15.3. The maximum atomic E-state index is 12.3. The third-order valence-corrected chi connectivity index (χ3v) is 5.77. The second-order valence-electron chi connectivity index (χ2n) is 5.74. The molecule has 10 nitrogen and oxygen atoms in total. The van der Waals surface area contributed by atoms with Gasteiger partial charge in [0, 0.05) is 13.2 Å². The molecule has 0 saturated carbocycles. The standard InChI is InChI=1S/C14H14ClN7O3S2/c15-12-20-21-14(27-12)17-9(23)6-26-13-18-10-8(11(24)19-13)5-16-22(10)7-1-3-25-4-2-7/h5,7H,1-4,6H2,(H,17,21,23)(H,18,19,24). The highest BCUT2D eigenvalue weighted by Gasteiger charge is 2.21. The molecule has 0 bridgehead atoms. The Hall–Kier alpha value is -2.02. The number of hydrogen-bond donors (Lipinski definition) is 2. The molecule has 3 aromatic rings. The number of nitrogens with one attached hydrogen (secondary N) is 2. The van der Waals surface area contributed by atoms with Crippen molar-refractivity contribution in [3.63, 3.8) is 0 Å². The average Bonchev–Trinajstić information content (AvgIpc) is 3.27. The molecular weight excluding hydrogens is 414 g/mol. The van der Waals surface area contributed by atoms with Crippen LogP contribution in [0, 0.1) is 0 Å². The summed E-state index contributed by atoms with van der Waals surface area (Å²) in [5.41, 5.74) is 0.238. The number of aromatic nitrogens is 6. The minimum Gasteiger partial charge on any atom is -0.381 e. The van der Waals surface area contributed by atoms with Gasteiger partial charge in [0.2, 0.25) is 15.5 Å². The molecule has 3 aromatic heterocycles. The van der Waals surface area contributed by atoms with E-state index in [4.69, 9.17) is 16.3 Å². The van der Waals surface area contributed by atoms with E-state index in [9.17, 15) is 9.59 Å². The lowest BCUT2D eigenvalue weighted by molar-refractivity contribution is -0.113. The zero-order valence-corrected chi connectivity index (χ0v) is 16.2. The first-order valence-corrected chi connectivity index (χ1v) is 10.2. The molecule has 0 unspecified atom stereocenters. The van der Waals surface area contributed by atoms with Crippen molar-refractivity contribution in [3.05, 3.63) is 21.0 Å². The minimum absolute atomic E-state index is 0.0526. The van der Waals surface area contributed by atoms with Gasteiger partial charge >= 0.3 is 0 Å². The number of rotatable bonds is 5. The smallest absolute Gasteiger partial charge is 0.262 e. The van der Waals surface area contributed by atoms with E-state index in [1.165, 1.54) is 6.20 Å². The van der Waals surface area contributed by atoms with Crippen molar-refractivity contribution < 1.29 is 9.53 Å². The molecule has 4 rings (SSSR count). The van der Waals surface area contributed by atoms with Crippen LogP contribution in [-0.2, 0) is 9.53 Å². The molecule has 1 aliphatic heterocycles. The van der Waals surface area contributed by atoms with Crippen LogP contribution >= 0.6 is 34.7 Å². The third kappa shape index (κ3) is 4.13. The molecule has 0 atom stereocenters. The van der Waals surface area contributed by atoms with Gasteiger partial charge in [0.05, 0.1) is 18.0 Å². The summed E-state index contributed by atoms with van der Waals surface area (Å²) in [6, 6.07) is 0.147. The van der Waals surface area contributed by atoms with Crippen LogP contribution in [0.3, 0.4) is 0 Å². The Balaban J connectivity index is 1.50.